The molecule has 2 heterocycles. The summed E-state index contributed by atoms with van der Waals surface area (Å²) in [5, 5.41) is 0. The van der Waals surface area contributed by atoms with E-state index in [2.05, 4.69) is 16.0 Å². The lowest BCUT2D eigenvalue weighted by Crippen LogP contribution is -2.56. The molecule has 1 aliphatic heterocycles. The van der Waals surface area contributed by atoms with E-state index in [0.717, 1.165) is 30.8 Å². The van der Waals surface area contributed by atoms with E-state index in [-0.39, 0.29) is 12.1 Å². The van der Waals surface area contributed by atoms with Crippen LogP contribution >= 0.6 is 0 Å². The molecule has 0 aliphatic carbocycles. The van der Waals surface area contributed by atoms with Crippen molar-refractivity contribution in [1.82, 2.24) is 9.88 Å². The highest BCUT2D eigenvalue weighted by Crippen LogP contribution is 2.23. The molecular formula is C16H25N3O2. The highest BCUT2D eigenvalue weighted by molar-refractivity contribution is 5.69. The minimum Gasteiger partial charge on any atom is -0.444 e. The third-order valence-corrected chi connectivity index (χ3v) is 3.56. The van der Waals surface area contributed by atoms with Gasteiger partial charge in [-0.2, -0.15) is 0 Å². The molecule has 116 valence electrons. The van der Waals surface area contributed by atoms with Gasteiger partial charge in [0.1, 0.15) is 5.60 Å². The highest BCUT2D eigenvalue weighted by atomic mass is 16.6. The summed E-state index contributed by atoms with van der Waals surface area (Å²) in [5.74, 6) is 0. The van der Waals surface area contributed by atoms with Crippen molar-refractivity contribution >= 4 is 11.8 Å². The number of amides is 1. The van der Waals surface area contributed by atoms with Gasteiger partial charge in [0.15, 0.2) is 0 Å². The van der Waals surface area contributed by atoms with Crippen molar-refractivity contribution in [2.24, 2.45) is 0 Å². The van der Waals surface area contributed by atoms with Gasteiger partial charge < -0.3 is 14.5 Å². The smallest absolute Gasteiger partial charge is 0.410 e. The maximum absolute atomic E-state index is 12.1. The van der Waals surface area contributed by atoms with Crippen LogP contribution in [0.2, 0.25) is 0 Å². The predicted molar refractivity (Wildman–Crippen MR) is 83.6 cm³/mol. The van der Waals surface area contributed by atoms with E-state index < -0.39 is 5.60 Å². The Balaban J connectivity index is 1.93. The number of carbonyl (C=O) groups excluding carboxylic acids is 1. The van der Waals surface area contributed by atoms with Crippen LogP contribution in [0.15, 0.2) is 18.5 Å². The highest BCUT2D eigenvalue weighted by Gasteiger charge is 2.35. The lowest BCUT2D eigenvalue weighted by molar-refractivity contribution is -0.00357. The molecule has 0 N–H and O–H groups in total. The first-order chi connectivity index (χ1) is 9.76. The molecule has 21 heavy (non-hydrogen) atoms. The Morgan fingerprint density at radius 1 is 1.48 bits per heavy atom. The third-order valence-electron chi connectivity index (χ3n) is 3.56. The van der Waals surface area contributed by atoms with Gasteiger partial charge in [0.25, 0.3) is 0 Å². The van der Waals surface area contributed by atoms with Gasteiger partial charge in [0, 0.05) is 26.3 Å². The zero-order valence-electron chi connectivity index (χ0n) is 13.6. The maximum atomic E-state index is 12.1. The number of aromatic nitrogens is 1. The van der Waals surface area contributed by atoms with Crippen molar-refractivity contribution in [2.75, 3.05) is 25.0 Å². The van der Waals surface area contributed by atoms with Gasteiger partial charge in [0.2, 0.25) is 0 Å². The van der Waals surface area contributed by atoms with Crippen LogP contribution in [0.1, 0.15) is 32.8 Å². The van der Waals surface area contributed by atoms with Gasteiger partial charge in [-0.15, -0.1) is 0 Å². The standard InChI is InChI=1S/C16H25N3O2/c1-12-8-14(10-17-9-12)18(5)11-13-6-7-19(13)15(20)21-16(2,3)4/h8-10,13H,6-7,11H2,1-5H3. The van der Waals surface area contributed by atoms with E-state index in [1.54, 1.807) is 0 Å². The first-order valence-corrected chi connectivity index (χ1v) is 7.39. The average Bonchev–Trinajstić information content (AvgIpc) is 2.31. The molecule has 1 saturated heterocycles. The number of hydrogen-bond acceptors (Lipinski definition) is 4. The molecule has 0 saturated carbocycles. The first-order valence-electron chi connectivity index (χ1n) is 7.39. The molecule has 1 aromatic heterocycles. The monoisotopic (exact) mass is 291 g/mol. The van der Waals surface area contributed by atoms with E-state index in [9.17, 15) is 4.79 Å². The predicted octanol–water partition coefficient (Wildman–Crippen LogP) is 2.84. The Morgan fingerprint density at radius 2 is 2.19 bits per heavy atom. The molecule has 5 nitrogen and oxygen atoms in total. The van der Waals surface area contributed by atoms with Gasteiger partial charge in [-0.05, 0) is 45.7 Å². The number of nitrogens with zero attached hydrogens (tertiary/aromatic N) is 3. The summed E-state index contributed by atoms with van der Waals surface area (Å²) in [5.41, 5.74) is 1.77. The number of aryl methyl sites for hydroxylation is 1. The molecule has 1 aromatic rings. The van der Waals surface area contributed by atoms with Crippen molar-refractivity contribution in [3.05, 3.63) is 24.0 Å². The summed E-state index contributed by atoms with van der Waals surface area (Å²) in [6.45, 7) is 9.28. The molecule has 1 unspecified atom stereocenters. The molecule has 1 amide bonds. The summed E-state index contributed by atoms with van der Waals surface area (Å²) in [6.07, 6.45) is 4.49. The number of carbonyl (C=O) groups is 1. The van der Waals surface area contributed by atoms with Crippen LogP contribution in [0.25, 0.3) is 0 Å². The van der Waals surface area contributed by atoms with Crippen molar-refractivity contribution in [3.8, 4) is 0 Å². The van der Waals surface area contributed by atoms with Crippen LogP contribution in [0.5, 0.6) is 0 Å². The number of likely N-dealkylation sites (N-methyl/N-ethyl adjacent to an activating group) is 1. The average molecular weight is 291 g/mol. The molecule has 1 atom stereocenters. The molecule has 1 aliphatic rings. The quantitative estimate of drug-likeness (QED) is 0.859. The Kier molecular flexibility index (Phi) is 4.40. The molecule has 2 rings (SSSR count). The number of ether oxygens (including phenoxy) is 1. The molecule has 0 radical (unpaired) electrons. The molecule has 0 aromatic carbocycles. The first kappa shape index (κ1) is 15.6. The summed E-state index contributed by atoms with van der Waals surface area (Å²) in [7, 11) is 2.03. The van der Waals surface area contributed by atoms with E-state index in [1.165, 1.54) is 0 Å². The van der Waals surface area contributed by atoms with Gasteiger partial charge >= 0.3 is 6.09 Å². The van der Waals surface area contributed by atoms with Gasteiger partial charge in [-0.1, -0.05) is 0 Å². The summed E-state index contributed by atoms with van der Waals surface area (Å²) in [4.78, 5) is 20.3. The second kappa shape index (κ2) is 5.92. The number of pyridine rings is 1. The number of anilines is 1. The molecule has 0 spiro atoms. The normalized spacial score (nSPS) is 18.1. The molecule has 5 heteroatoms. The van der Waals surface area contributed by atoms with Gasteiger partial charge in [-0.25, -0.2) is 4.79 Å². The van der Waals surface area contributed by atoms with Crippen LogP contribution < -0.4 is 4.90 Å². The number of likely N-dealkylation sites (tertiary alicyclic amines) is 1. The maximum Gasteiger partial charge on any atom is 0.410 e. The largest absolute Gasteiger partial charge is 0.444 e. The zero-order chi connectivity index (χ0) is 15.6. The van der Waals surface area contributed by atoms with Crippen molar-refractivity contribution in [2.45, 2.75) is 45.8 Å². The second-order valence-electron chi connectivity index (χ2n) is 6.72. The lowest BCUT2D eigenvalue weighted by atomic mass is 10.0. The Labute approximate surface area is 126 Å². The van der Waals surface area contributed by atoms with Crippen molar-refractivity contribution in [1.29, 1.82) is 0 Å². The fraction of sp³-hybridized carbons (Fsp3) is 0.625. The fourth-order valence-electron chi connectivity index (χ4n) is 2.36. The zero-order valence-corrected chi connectivity index (χ0v) is 13.6. The summed E-state index contributed by atoms with van der Waals surface area (Å²) >= 11 is 0. The SMILES string of the molecule is Cc1cncc(N(C)CC2CCN2C(=O)OC(C)(C)C)c1. The van der Waals surface area contributed by atoms with Gasteiger partial charge in [-0.3, -0.25) is 4.98 Å². The van der Waals surface area contributed by atoms with Gasteiger partial charge in [0.05, 0.1) is 17.9 Å². The molecular weight excluding hydrogens is 266 g/mol. The Bertz CT molecular complexity index is 510. The fourth-order valence-corrected chi connectivity index (χ4v) is 2.36. The van der Waals surface area contributed by atoms with Crippen LogP contribution in [-0.4, -0.2) is 47.8 Å². The second-order valence-corrected chi connectivity index (χ2v) is 6.72. The lowest BCUT2D eigenvalue weighted by Gasteiger charge is -2.43. The van der Waals surface area contributed by atoms with Crippen molar-refractivity contribution in [3.63, 3.8) is 0 Å². The van der Waals surface area contributed by atoms with E-state index in [4.69, 9.17) is 4.74 Å². The minimum absolute atomic E-state index is 0.213. The van der Waals surface area contributed by atoms with Crippen molar-refractivity contribution < 1.29 is 9.53 Å². The third kappa shape index (κ3) is 4.09. The minimum atomic E-state index is -0.441. The van der Waals surface area contributed by atoms with Crippen LogP contribution in [0, 0.1) is 6.92 Å². The Morgan fingerprint density at radius 3 is 2.71 bits per heavy atom. The van der Waals surface area contributed by atoms with E-state index in [1.807, 2.05) is 52.0 Å². The number of hydrogen-bond donors (Lipinski definition) is 0. The van der Waals surface area contributed by atoms with Crippen LogP contribution in [0.3, 0.4) is 0 Å². The number of rotatable bonds is 3. The molecule has 0 bridgehead atoms. The van der Waals surface area contributed by atoms with E-state index >= 15 is 0 Å². The summed E-state index contributed by atoms with van der Waals surface area (Å²) < 4.78 is 5.43. The summed E-state index contributed by atoms with van der Waals surface area (Å²) in [6, 6.07) is 2.31. The Hall–Kier alpha value is -1.78. The van der Waals surface area contributed by atoms with Crippen LogP contribution in [-0.2, 0) is 4.74 Å². The topological polar surface area (TPSA) is 45.7 Å². The molecule has 1 fully saturated rings. The van der Waals surface area contributed by atoms with Crippen LogP contribution in [0.4, 0.5) is 10.5 Å². The van der Waals surface area contributed by atoms with E-state index in [0.29, 0.717) is 0 Å².